The van der Waals surface area contributed by atoms with Crippen LogP contribution in [0.2, 0.25) is 0 Å². The summed E-state index contributed by atoms with van der Waals surface area (Å²) in [6, 6.07) is 18.2. The zero-order valence-electron chi connectivity index (χ0n) is 16.5. The zero-order chi connectivity index (χ0) is 20.2. The molecule has 0 aliphatic carbocycles. The quantitative estimate of drug-likeness (QED) is 0.779. The van der Waals surface area contributed by atoms with Crippen LogP contribution in [0.15, 0.2) is 59.6 Å². The zero-order valence-corrected chi connectivity index (χ0v) is 17.3. The molecule has 0 spiro atoms. The number of aryl methyl sites for hydroxylation is 1. The van der Waals surface area contributed by atoms with Crippen LogP contribution in [0.3, 0.4) is 0 Å². The van der Waals surface area contributed by atoms with E-state index < -0.39 is 0 Å². The van der Waals surface area contributed by atoms with Crippen molar-refractivity contribution in [2.24, 2.45) is 4.99 Å². The Morgan fingerprint density at radius 2 is 1.72 bits per heavy atom. The number of anilines is 2. The van der Waals surface area contributed by atoms with Crippen molar-refractivity contribution in [1.29, 1.82) is 0 Å². The Morgan fingerprint density at radius 1 is 1.03 bits per heavy atom. The lowest BCUT2D eigenvalue weighted by Gasteiger charge is -2.37. The van der Waals surface area contributed by atoms with Crippen molar-refractivity contribution < 1.29 is 9.59 Å². The fraction of sp³-hybridized carbons (Fsp3) is 0.318. The molecule has 6 nitrogen and oxygen atoms in total. The molecule has 2 amide bonds. The number of aliphatic imine (C=N–C) groups is 1. The van der Waals surface area contributed by atoms with Crippen LogP contribution in [0.25, 0.3) is 0 Å². The van der Waals surface area contributed by atoms with Gasteiger partial charge in [-0.3, -0.25) is 9.59 Å². The summed E-state index contributed by atoms with van der Waals surface area (Å²) in [5.41, 5.74) is 3.22. The smallest absolute Gasteiger partial charge is 0.258 e. The first-order valence-corrected chi connectivity index (χ1v) is 10.7. The fourth-order valence-corrected chi connectivity index (χ4v) is 4.33. The summed E-state index contributed by atoms with van der Waals surface area (Å²) in [7, 11) is 0. The number of amidine groups is 1. The Hall–Kier alpha value is -2.80. The first kappa shape index (κ1) is 19.5. The highest BCUT2D eigenvalue weighted by atomic mass is 32.2. The molecule has 1 fully saturated rings. The van der Waals surface area contributed by atoms with Crippen molar-refractivity contribution in [3.8, 4) is 0 Å². The van der Waals surface area contributed by atoms with Crippen LogP contribution >= 0.6 is 11.8 Å². The Kier molecular flexibility index (Phi) is 5.85. The van der Waals surface area contributed by atoms with Gasteiger partial charge in [-0.1, -0.05) is 47.7 Å². The minimum Gasteiger partial charge on any atom is -0.368 e. The van der Waals surface area contributed by atoms with Gasteiger partial charge >= 0.3 is 0 Å². The summed E-state index contributed by atoms with van der Waals surface area (Å²) in [4.78, 5) is 34.9. The van der Waals surface area contributed by atoms with Crippen LogP contribution in [-0.4, -0.2) is 60.4 Å². The van der Waals surface area contributed by atoms with Crippen molar-refractivity contribution in [1.82, 2.24) is 4.90 Å². The van der Waals surface area contributed by atoms with E-state index in [1.807, 2.05) is 59.2 Å². The van der Waals surface area contributed by atoms with E-state index in [-0.39, 0.29) is 18.4 Å². The van der Waals surface area contributed by atoms with E-state index in [1.54, 1.807) is 0 Å². The van der Waals surface area contributed by atoms with E-state index in [9.17, 15) is 9.59 Å². The molecule has 0 radical (unpaired) electrons. The van der Waals surface area contributed by atoms with Crippen LogP contribution in [0, 0.1) is 6.92 Å². The standard InChI is InChI=1S/C22H24N4O2S/c1-17-7-9-19(10-8-17)26(22-23-20(27)16-29-22)15-21(28)25-13-11-24(12-14-25)18-5-3-2-4-6-18/h2-10H,11-16H2,1H3. The number of nitrogens with zero attached hydrogens (tertiary/aromatic N) is 4. The second-order valence-electron chi connectivity index (χ2n) is 7.20. The third-order valence-electron chi connectivity index (χ3n) is 5.17. The summed E-state index contributed by atoms with van der Waals surface area (Å²) >= 11 is 1.39. The van der Waals surface area contributed by atoms with Crippen LogP contribution in [-0.2, 0) is 9.59 Å². The highest BCUT2D eigenvalue weighted by molar-refractivity contribution is 8.15. The number of piperazine rings is 1. The third kappa shape index (κ3) is 4.62. The van der Waals surface area contributed by atoms with Crippen LogP contribution in [0.1, 0.15) is 5.56 Å². The number of hydrogen-bond acceptors (Lipinski definition) is 5. The molecule has 4 rings (SSSR count). The number of para-hydroxylation sites is 1. The minimum atomic E-state index is -0.147. The number of carbonyl (C=O) groups is 2. The summed E-state index contributed by atoms with van der Waals surface area (Å²) in [6.07, 6.45) is 0. The average Bonchev–Trinajstić information content (AvgIpc) is 3.19. The van der Waals surface area contributed by atoms with E-state index in [2.05, 4.69) is 22.0 Å². The summed E-state index contributed by atoms with van der Waals surface area (Å²) in [6.45, 7) is 5.22. The van der Waals surface area contributed by atoms with E-state index >= 15 is 0 Å². The molecule has 1 saturated heterocycles. The molecular weight excluding hydrogens is 384 g/mol. The summed E-state index contributed by atoms with van der Waals surface area (Å²) < 4.78 is 0. The van der Waals surface area contributed by atoms with Crippen molar-refractivity contribution in [2.75, 3.05) is 48.3 Å². The van der Waals surface area contributed by atoms with Gasteiger partial charge in [0.25, 0.3) is 5.91 Å². The Bertz CT molecular complexity index is 906. The molecule has 0 unspecified atom stereocenters. The topological polar surface area (TPSA) is 56.2 Å². The van der Waals surface area contributed by atoms with Gasteiger partial charge < -0.3 is 14.7 Å². The van der Waals surface area contributed by atoms with E-state index in [1.165, 1.54) is 17.4 Å². The van der Waals surface area contributed by atoms with Gasteiger partial charge in [0.1, 0.15) is 6.54 Å². The van der Waals surface area contributed by atoms with E-state index in [0.29, 0.717) is 24.0 Å². The highest BCUT2D eigenvalue weighted by Crippen LogP contribution is 2.24. The first-order chi connectivity index (χ1) is 14.1. The predicted octanol–water partition coefficient (Wildman–Crippen LogP) is 2.78. The van der Waals surface area contributed by atoms with Crippen molar-refractivity contribution in [3.05, 3.63) is 60.2 Å². The second-order valence-corrected chi connectivity index (χ2v) is 8.14. The fourth-order valence-electron chi connectivity index (χ4n) is 3.52. The average molecular weight is 409 g/mol. The number of thioether (sulfide) groups is 1. The molecule has 2 heterocycles. The van der Waals surface area contributed by atoms with Gasteiger partial charge in [0, 0.05) is 37.6 Å². The molecule has 150 valence electrons. The van der Waals surface area contributed by atoms with Gasteiger partial charge in [-0.2, -0.15) is 4.99 Å². The molecule has 0 bridgehead atoms. The minimum absolute atomic E-state index is 0.0564. The van der Waals surface area contributed by atoms with Crippen LogP contribution < -0.4 is 9.80 Å². The molecule has 2 aliphatic rings. The number of benzene rings is 2. The van der Waals surface area contributed by atoms with Crippen LogP contribution in [0.4, 0.5) is 11.4 Å². The monoisotopic (exact) mass is 408 g/mol. The van der Waals surface area contributed by atoms with Gasteiger partial charge in [0.15, 0.2) is 5.17 Å². The third-order valence-corrected chi connectivity index (χ3v) is 6.13. The van der Waals surface area contributed by atoms with Gasteiger partial charge in [-0.15, -0.1) is 0 Å². The summed E-state index contributed by atoms with van der Waals surface area (Å²) in [5.74, 6) is 0.244. The maximum Gasteiger partial charge on any atom is 0.258 e. The normalized spacial score (nSPS) is 16.7. The molecule has 2 aromatic rings. The lowest BCUT2D eigenvalue weighted by molar-refractivity contribution is -0.129. The van der Waals surface area contributed by atoms with Gasteiger partial charge in [-0.25, -0.2) is 0 Å². The van der Waals surface area contributed by atoms with Gasteiger partial charge in [0.2, 0.25) is 5.91 Å². The van der Waals surface area contributed by atoms with Crippen molar-refractivity contribution >= 4 is 40.1 Å². The number of hydrogen-bond donors (Lipinski definition) is 0. The molecule has 0 saturated carbocycles. The molecular formula is C22H24N4O2S. The molecule has 2 aliphatic heterocycles. The second kappa shape index (κ2) is 8.69. The maximum atomic E-state index is 13.0. The molecule has 29 heavy (non-hydrogen) atoms. The van der Waals surface area contributed by atoms with E-state index in [0.717, 1.165) is 24.3 Å². The molecule has 2 aromatic carbocycles. The maximum absolute atomic E-state index is 13.0. The van der Waals surface area contributed by atoms with E-state index in [4.69, 9.17) is 0 Å². The number of carbonyl (C=O) groups excluding carboxylic acids is 2. The lowest BCUT2D eigenvalue weighted by Crippen LogP contribution is -2.51. The molecule has 0 aromatic heterocycles. The SMILES string of the molecule is Cc1ccc(N(CC(=O)N2CCN(c3ccccc3)CC2)C2=NC(=O)CS2)cc1. The highest BCUT2D eigenvalue weighted by Gasteiger charge is 2.27. The Morgan fingerprint density at radius 3 is 2.34 bits per heavy atom. The molecule has 0 atom stereocenters. The lowest BCUT2D eigenvalue weighted by atomic mass is 10.2. The number of rotatable bonds is 4. The van der Waals surface area contributed by atoms with Crippen molar-refractivity contribution in [2.45, 2.75) is 6.92 Å². The first-order valence-electron chi connectivity index (χ1n) is 9.76. The molecule has 7 heteroatoms. The van der Waals surface area contributed by atoms with Crippen molar-refractivity contribution in [3.63, 3.8) is 0 Å². The number of amides is 2. The Balaban J connectivity index is 1.44. The summed E-state index contributed by atoms with van der Waals surface area (Å²) in [5, 5.41) is 0.607. The van der Waals surface area contributed by atoms with Crippen LogP contribution in [0.5, 0.6) is 0 Å². The van der Waals surface area contributed by atoms with Gasteiger partial charge in [-0.05, 0) is 31.2 Å². The predicted molar refractivity (Wildman–Crippen MR) is 119 cm³/mol. The largest absolute Gasteiger partial charge is 0.368 e. The molecule has 0 N–H and O–H groups in total. The van der Waals surface area contributed by atoms with Gasteiger partial charge in [0.05, 0.1) is 5.75 Å². The Labute approximate surface area is 175 Å².